The number of carboxylic acid groups (broad SMARTS) is 1. The van der Waals surface area contributed by atoms with Gasteiger partial charge in [0.15, 0.2) is 0 Å². The summed E-state index contributed by atoms with van der Waals surface area (Å²) in [7, 11) is 0. The SMILES string of the molecule is N#Cc1cccc(Nc2c(N)cccc2C(=O)O)c1. The first-order chi connectivity index (χ1) is 9.11. The monoisotopic (exact) mass is 253 g/mol. The van der Waals surface area contributed by atoms with Crippen LogP contribution in [0.5, 0.6) is 0 Å². The van der Waals surface area contributed by atoms with Gasteiger partial charge in [0.2, 0.25) is 0 Å². The van der Waals surface area contributed by atoms with Gasteiger partial charge >= 0.3 is 5.97 Å². The zero-order chi connectivity index (χ0) is 13.8. The quantitative estimate of drug-likeness (QED) is 0.730. The molecule has 0 saturated carbocycles. The Morgan fingerprint density at radius 3 is 2.68 bits per heavy atom. The van der Waals surface area contributed by atoms with E-state index in [1.165, 1.54) is 6.07 Å². The van der Waals surface area contributed by atoms with E-state index in [-0.39, 0.29) is 5.56 Å². The van der Waals surface area contributed by atoms with Crippen molar-refractivity contribution in [3.05, 3.63) is 53.6 Å². The molecule has 0 aliphatic carbocycles. The van der Waals surface area contributed by atoms with E-state index in [1.807, 2.05) is 6.07 Å². The molecule has 0 saturated heterocycles. The van der Waals surface area contributed by atoms with Gasteiger partial charge in [0, 0.05) is 5.69 Å². The highest BCUT2D eigenvalue weighted by atomic mass is 16.4. The van der Waals surface area contributed by atoms with E-state index in [1.54, 1.807) is 36.4 Å². The largest absolute Gasteiger partial charge is 0.478 e. The number of nitrogen functional groups attached to an aromatic ring is 1. The molecule has 2 rings (SSSR count). The number of nitrogens with zero attached hydrogens (tertiary/aromatic N) is 1. The smallest absolute Gasteiger partial charge is 0.337 e. The average Bonchev–Trinajstić information content (AvgIpc) is 2.41. The molecule has 2 aromatic carbocycles. The summed E-state index contributed by atoms with van der Waals surface area (Å²) >= 11 is 0. The molecule has 5 heteroatoms. The van der Waals surface area contributed by atoms with Crippen molar-refractivity contribution in [2.75, 3.05) is 11.1 Å². The Kier molecular flexibility index (Phi) is 3.35. The number of anilines is 3. The second kappa shape index (κ2) is 5.10. The van der Waals surface area contributed by atoms with E-state index in [4.69, 9.17) is 16.1 Å². The molecular formula is C14H11N3O2. The Hall–Kier alpha value is -3.00. The number of nitrogens with two attached hydrogens (primary N) is 1. The van der Waals surface area contributed by atoms with Crippen LogP contribution in [0.3, 0.4) is 0 Å². The Morgan fingerprint density at radius 2 is 2.00 bits per heavy atom. The van der Waals surface area contributed by atoms with Crippen LogP contribution in [0.15, 0.2) is 42.5 Å². The summed E-state index contributed by atoms with van der Waals surface area (Å²) in [5.41, 5.74) is 7.63. The van der Waals surface area contributed by atoms with Crippen LogP contribution in [0.1, 0.15) is 15.9 Å². The van der Waals surface area contributed by atoms with Crippen LogP contribution < -0.4 is 11.1 Å². The Labute approximate surface area is 109 Å². The molecule has 0 heterocycles. The van der Waals surface area contributed by atoms with Crippen molar-refractivity contribution in [1.29, 1.82) is 5.26 Å². The van der Waals surface area contributed by atoms with E-state index in [0.717, 1.165) is 0 Å². The number of carbonyl (C=O) groups is 1. The fourth-order valence-electron chi connectivity index (χ4n) is 1.70. The minimum absolute atomic E-state index is 0.0855. The molecule has 0 fully saturated rings. The van der Waals surface area contributed by atoms with E-state index in [0.29, 0.717) is 22.6 Å². The summed E-state index contributed by atoms with van der Waals surface area (Å²) in [6.07, 6.45) is 0. The standard InChI is InChI=1S/C14H11N3O2/c15-8-9-3-1-4-10(7-9)17-13-11(14(18)19)5-2-6-12(13)16/h1-7,17H,16H2,(H,18,19). The number of nitrogens with one attached hydrogen (secondary N) is 1. The number of rotatable bonds is 3. The molecule has 0 unspecified atom stereocenters. The summed E-state index contributed by atoms with van der Waals surface area (Å²) in [5.74, 6) is -1.06. The molecule has 4 N–H and O–H groups in total. The van der Waals surface area contributed by atoms with Gasteiger partial charge in [-0.2, -0.15) is 5.26 Å². The van der Waals surface area contributed by atoms with E-state index in [9.17, 15) is 4.79 Å². The maximum absolute atomic E-state index is 11.1. The highest BCUT2D eigenvalue weighted by molar-refractivity contribution is 5.98. The second-order valence-corrected chi connectivity index (χ2v) is 3.89. The molecule has 0 atom stereocenters. The molecule has 5 nitrogen and oxygen atoms in total. The Morgan fingerprint density at radius 1 is 1.26 bits per heavy atom. The topological polar surface area (TPSA) is 99.1 Å². The van der Waals surface area contributed by atoms with Crippen molar-refractivity contribution < 1.29 is 9.90 Å². The van der Waals surface area contributed by atoms with Gasteiger partial charge in [0.05, 0.1) is 28.6 Å². The molecule has 0 radical (unpaired) electrons. The van der Waals surface area contributed by atoms with Crippen LogP contribution in [0.4, 0.5) is 17.1 Å². The van der Waals surface area contributed by atoms with Crippen molar-refractivity contribution >= 4 is 23.0 Å². The molecule has 0 aliphatic rings. The first-order valence-electron chi connectivity index (χ1n) is 5.51. The number of aromatic carboxylic acids is 1. The number of para-hydroxylation sites is 1. The van der Waals surface area contributed by atoms with Crippen LogP contribution in [0, 0.1) is 11.3 Å². The van der Waals surface area contributed by atoms with Crippen molar-refractivity contribution in [1.82, 2.24) is 0 Å². The molecule has 0 bridgehead atoms. The Balaban J connectivity index is 2.43. The number of carboxylic acids is 1. The normalized spacial score (nSPS) is 9.63. The molecule has 0 aliphatic heterocycles. The molecule has 19 heavy (non-hydrogen) atoms. The van der Waals surface area contributed by atoms with Crippen LogP contribution in [0.25, 0.3) is 0 Å². The lowest BCUT2D eigenvalue weighted by Gasteiger charge is -2.12. The minimum atomic E-state index is -1.06. The lowest BCUT2D eigenvalue weighted by Crippen LogP contribution is -2.05. The van der Waals surface area contributed by atoms with Crippen molar-refractivity contribution in [2.24, 2.45) is 0 Å². The summed E-state index contributed by atoms with van der Waals surface area (Å²) in [6.45, 7) is 0. The summed E-state index contributed by atoms with van der Waals surface area (Å²) < 4.78 is 0. The van der Waals surface area contributed by atoms with Gasteiger partial charge in [-0.15, -0.1) is 0 Å². The minimum Gasteiger partial charge on any atom is -0.478 e. The highest BCUT2D eigenvalue weighted by Gasteiger charge is 2.12. The van der Waals surface area contributed by atoms with Gasteiger partial charge in [-0.1, -0.05) is 12.1 Å². The molecule has 94 valence electrons. The lowest BCUT2D eigenvalue weighted by atomic mass is 10.1. The van der Waals surface area contributed by atoms with Gasteiger partial charge in [0.25, 0.3) is 0 Å². The van der Waals surface area contributed by atoms with Gasteiger partial charge in [-0.25, -0.2) is 4.79 Å². The first-order valence-corrected chi connectivity index (χ1v) is 5.51. The predicted octanol–water partition coefficient (Wildman–Crippen LogP) is 2.58. The maximum Gasteiger partial charge on any atom is 0.337 e. The van der Waals surface area contributed by atoms with Crippen molar-refractivity contribution in [3.63, 3.8) is 0 Å². The van der Waals surface area contributed by atoms with E-state index >= 15 is 0 Å². The number of hydrogen-bond donors (Lipinski definition) is 3. The van der Waals surface area contributed by atoms with Crippen LogP contribution in [0.2, 0.25) is 0 Å². The number of hydrogen-bond acceptors (Lipinski definition) is 4. The predicted molar refractivity (Wildman–Crippen MR) is 72.3 cm³/mol. The first kappa shape index (κ1) is 12.5. The van der Waals surface area contributed by atoms with Crippen LogP contribution in [-0.2, 0) is 0 Å². The molecule has 0 spiro atoms. The van der Waals surface area contributed by atoms with Crippen LogP contribution >= 0.6 is 0 Å². The summed E-state index contributed by atoms with van der Waals surface area (Å²) in [4.78, 5) is 11.1. The number of benzene rings is 2. The third-order valence-electron chi connectivity index (χ3n) is 2.59. The number of nitriles is 1. The molecule has 0 amide bonds. The highest BCUT2D eigenvalue weighted by Crippen LogP contribution is 2.27. The summed E-state index contributed by atoms with van der Waals surface area (Å²) in [6, 6.07) is 13.4. The van der Waals surface area contributed by atoms with Gasteiger partial charge in [0.1, 0.15) is 0 Å². The third-order valence-corrected chi connectivity index (χ3v) is 2.59. The third kappa shape index (κ3) is 2.64. The zero-order valence-electron chi connectivity index (χ0n) is 9.92. The van der Waals surface area contributed by atoms with E-state index in [2.05, 4.69) is 5.32 Å². The second-order valence-electron chi connectivity index (χ2n) is 3.89. The van der Waals surface area contributed by atoms with Gasteiger partial charge < -0.3 is 16.2 Å². The fourth-order valence-corrected chi connectivity index (χ4v) is 1.70. The van der Waals surface area contributed by atoms with E-state index < -0.39 is 5.97 Å². The summed E-state index contributed by atoms with van der Waals surface area (Å²) in [5, 5.41) is 20.9. The molecule has 2 aromatic rings. The fraction of sp³-hybridized carbons (Fsp3) is 0. The van der Waals surface area contributed by atoms with Crippen molar-refractivity contribution in [2.45, 2.75) is 0 Å². The van der Waals surface area contributed by atoms with Crippen molar-refractivity contribution in [3.8, 4) is 6.07 Å². The Bertz CT molecular complexity index is 675. The maximum atomic E-state index is 11.1. The van der Waals surface area contributed by atoms with Gasteiger partial charge in [-0.3, -0.25) is 0 Å². The zero-order valence-corrected chi connectivity index (χ0v) is 9.92. The average molecular weight is 253 g/mol. The lowest BCUT2D eigenvalue weighted by molar-refractivity contribution is 0.0698. The molecular weight excluding hydrogens is 242 g/mol. The van der Waals surface area contributed by atoms with Crippen LogP contribution in [-0.4, -0.2) is 11.1 Å². The van der Waals surface area contributed by atoms with Gasteiger partial charge in [-0.05, 0) is 30.3 Å². The molecule has 0 aromatic heterocycles.